The van der Waals surface area contributed by atoms with E-state index in [2.05, 4.69) is 28.4 Å². The number of hydrogen-bond donors (Lipinski definition) is 1. The summed E-state index contributed by atoms with van der Waals surface area (Å²) in [5.74, 6) is 0. The second-order valence-corrected chi connectivity index (χ2v) is 7.50. The Morgan fingerprint density at radius 1 is 1.15 bits per heavy atom. The number of fused-ring (bicyclic) bond motifs is 1. The van der Waals surface area contributed by atoms with Gasteiger partial charge in [-0.1, -0.05) is 6.07 Å². The van der Waals surface area contributed by atoms with Crippen molar-refractivity contribution in [3.05, 3.63) is 23.8 Å². The van der Waals surface area contributed by atoms with Crippen molar-refractivity contribution >= 4 is 21.4 Å². The molecule has 6 heteroatoms. The number of sulfonamides is 1. The Morgan fingerprint density at radius 3 is 2.60 bits per heavy atom. The van der Waals surface area contributed by atoms with Gasteiger partial charge in [0.05, 0.1) is 6.26 Å². The number of hydrogen-bond acceptors (Lipinski definition) is 4. The van der Waals surface area contributed by atoms with Crippen molar-refractivity contribution in [2.75, 3.05) is 49.2 Å². The number of nitrogens with one attached hydrogen (secondary N) is 1. The first kappa shape index (κ1) is 13.7. The maximum Gasteiger partial charge on any atom is 0.211 e. The number of nitrogens with zero attached hydrogens (tertiary/aromatic N) is 2. The molecule has 0 atom stereocenters. The smallest absolute Gasteiger partial charge is 0.211 e. The van der Waals surface area contributed by atoms with Crippen molar-refractivity contribution in [2.24, 2.45) is 0 Å². The van der Waals surface area contributed by atoms with E-state index in [-0.39, 0.29) is 0 Å². The third-order valence-electron chi connectivity index (χ3n) is 4.10. The molecular weight excluding hydrogens is 274 g/mol. The zero-order chi connectivity index (χ0) is 14.2. The van der Waals surface area contributed by atoms with E-state index in [1.165, 1.54) is 29.6 Å². The van der Waals surface area contributed by atoms with Gasteiger partial charge in [-0.3, -0.25) is 0 Å². The summed E-state index contributed by atoms with van der Waals surface area (Å²) < 4.78 is 24.6. The van der Waals surface area contributed by atoms with E-state index in [1.54, 1.807) is 4.31 Å². The molecule has 2 heterocycles. The van der Waals surface area contributed by atoms with Crippen molar-refractivity contribution in [2.45, 2.75) is 12.8 Å². The molecule has 1 saturated heterocycles. The molecule has 0 saturated carbocycles. The maximum atomic E-state index is 11.5. The SMILES string of the molecule is CS(=O)(=O)N1CCN(c2ccc3c(c2)NCCC3)CC1. The lowest BCUT2D eigenvalue weighted by atomic mass is 10.0. The molecule has 1 aromatic rings. The van der Waals surface area contributed by atoms with Gasteiger partial charge in [-0.15, -0.1) is 0 Å². The monoisotopic (exact) mass is 295 g/mol. The van der Waals surface area contributed by atoms with Crippen molar-refractivity contribution in [3.8, 4) is 0 Å². The maximum absolute atomic E-state index is 11.5. The van der Waals surface area contributed by atoms with Gasteiger partial charge in [-0.05, 0) is 30.5 Å². The summed E-state index contributed by atoms with van der Waals surface area (Å²) in [5.41, 5.74) is 3.81. The summed E-state index contributed by atoms with van der Waals surface area (Å²) in [6.45, 7) is 3.70. The van der Waals surface area contributed by atoms with E-state index in [0.29, 0.717) is 13.1 Å². The standard InChI is InChI=1S/C14H21N3O2S/c1-20(18,19)17-9-7-16(8-10-17)13-5-4-12-3-2-6-15-14(12)11-13/h4-5,11,15H,2-3,6-10H2,1H3. The minimum absolute atomic E-state index is 0.573. The Bertz CT molecular complexity index is 592. The molecule has 0 bridgehead atoms. The van der Waals surface area contributed by atoms with Crippen LogP contribution < -0.4 is 10.2 Å². The lowest BCUT2D eigenvalue weighted by Crippen LogP contribution is -2.48. The Hall–Kier alpha value is -1.27. The topological polar surface area (TPSA) is 52.7 Å². The Morgan fingerprint density at radius 2 is 1.90 bits per heavy atom. The minimum Gasteiger partial charge on any atom is -0.385 e. The van der Waals surface area contributed by atoms with Crippen molar-refractivity contribution in [1.82, 2.24) is 4.31 Å². The molecule has 5 nitrogen and oxygen atoms in total. The molecule has 110 valence electrons. The predicted molar refractivity (Wildman–Crippen MR) is 81.9 cm³/mol. The van der Waals surface area contributed by atoms with Crippen LogP contribution in [0.4, 0.5) is 11.4 Å². The minimum atomic E-state index is -3.05. The van der Waals surface area contributed by atoms with Crippen LogP contribution in [0.3, 0.4) is 0 Å². The van der Waals surface area contributed by atoms with Gasteiger partial charge in [0.15, 0.2) is 0 Å². The van der Waals surface area contributed by atoms with Gasteiger partial charge >= 0.3 is 0 Å². The van der Waals surface area contributed by atoms with Crippen LogP contribution >= 0.6 is 0 Å². The van der Waals surface area contributed by atoms with Crippen molar-refractivity contribution in [1.29, 1.82) is 0 Å². The van der Waals surface area contributed by atoms with Crippen LogP contribution in [0.5, 0.6) is 0 Å². The first-order chi connectivity index (χ1) is 9.54. The van der Waals surface area contributed by atoms with Crippen LogP contribution in [-0.4, -0.2) is 51.7 Å². The van der Waals surface area contributed by atoms with Crippen LogP contribution in [0.1, 0.15) is 12.0 Å². The van der Waals surface area contributed by atoms with E-state index in [0.717, 1.165) is 26.1 Å². The summed E-state index contributed by atoms with van der Waals surface area (Å²) >= 11 is 0. The fourth-order valence-corrected chi connectivity index (χ4v) is 3.75. The largest absolute Gasteiger partial charge is 0.385 e. The molecule has 0 radical (unpaired) electrons. The van der Waals surface area contributed by atoms with Gasteiger partial charge in [-0.25, -0.2) is 8.42 Å². The lowest BCUT2D eigenvalue weighted by molar-refractivity contribution is 0.388. The van der Waals surface area contributed by atoms with Crippen molar-refractivity contribution < 1.29 is 8.42 Å². The average molecular weight is 295 g/mol. The van der Waals surface area contributed by atoms with Crippen LogP contribution in [-0.2, 0) is 16.4 Å². The molecule has 0 amide bonds. The van der Waals surface area contributed by atoms with Gasteiger partial charge in [0.25, 0.3) is 0 Å². The lowest BCUT2D eigenvalue weighted by Gasteiger charge is -2.35. The van der Waals surface area contributed by atoms with E-state index < -0.39 is 10.0 Å². The van der Waals surface area contributed by atoms with Crippen LogP contribution in [0, 0.1) is 0 Å². The van der Waals surface area contributed by atoms with Crippen LogP contribution in [0.2, 0.25) is 0 Å². The van der Waals surface area contributed by atoms with Crippen molar-refractivity contribution in [3.63, 3.8) is 0 Å². The summed E-state index contributed by atoms with van der Waals surface area (Å²) in [5, 5.41) is 3.44. The van der Waals surface area contributed by atoms with E-state index in [9.17, 15) is 8.42 Å². The number of anilines is 2. The molecule has 2 aliphatic heterocycles. The van der Waals surface area contributed by atoms with Gasteiger partial charge in [-0.2, -0.15) is 4.31 Å². The molecular formula is C14H21N3O2S. The molecule has 2 aliphatic rings. The number of aryl methyl sites for hydroxylation is 1. The highest BCUT2D eigenvalue weighted by Crippen LogP contribution is 2.28. The second kappa shape index (κ2) is 5.26. The fraction of sp³-hybridized carbons (Fsp3) is 0.571. The van der Waals surface area contributed by atoms with E-state index >= 15 is 0 Å². The first-order valence-electron chi connectivity index (χ1n) is 7.11. The molecule has 1 aromatic carbocycles. The normalized spacial score (nSPS) is 20.4. The number of benzene rings is 1. The average Bonchev–Trinajstić information content (AvgIpc) is 2.46. The highest BCUT2D eigenvalue weighted by Gasteiger charge is 2.23. The van der Waals surface area contributed by atoms with Crippen LogP contribution in [0.25, 0.3) is 0 Å². The van der Waals surface area contributed by atoms with E-state index in [1.807, 2.05) is 0 Å². The zero-order valence-corrected chi connectivity index (χ0v) is 12.6. The summed E-state index contributed by atoms with van der Waals surface area (Å²) in [6.07, 6.45) is 3.62. The summed E-state index contributed by atoms with van der Waals surface area (Å²) in [7, 11) is -3.05. The van der Waals surface area contributed by atoms with Gasteiger partial charge in [0, 0.05) is 44.1 Å². The van der Waals surface area contributed by atoms with E-state index in [4.69, 9.17) is 0 Å². The molecule has 20 heavy (non-hydrogen) atoms. The Balaban J connectivity index is 1.72. The molecule has 1 fully saturated rings. The van der Waals surface area contributed by atoms with Gasteiger partial charge in [0.1, 0.15) is 0 Å². The number of piperazine rings is 1. The zero-order valence-electron chi connectivity index (χ0n) is 11.8. The summed E-state index contributed by atoms with van der Waals surface area (Å²) in [4.78, 5) is 2.26. The molecule has 1 N–H and O–H groups in total. The quantitative estimate of drug-likeness (QED) is 0.888. The Labute approximate surface area is 120 Å². The van der Waals surface area contributed by atoms with Crippen LogP contribution in [0.15, 0.2) is 18.2 Å². The molecule has 3 rings (SSSR count). The fourth-order valence-electron chi connectivity index (χ4n) is 2.92. The molecule has 0 unspecified atom stereocenters. The highest BCUT2D eigenvalue weighted by molar-refractivity contribution is 7.88. The molecule has 0 aliphatic carbocycles. The van der Waals surface area contributed by atoms with Gasteiger partial charge in [0.2, 0.25) is 10.0 Å². The Kier molecular flexibility index (Phi) is 3.60. The second-order valence-electron chi connectivity index (χ2n) is 5.52. The third kappa shape index (κ3) is 2.76. The molecule has 0 aromatic heterocycles. The molecule has 0 spiro atoms. The third-order valence-corrected chi connectivity index (χ3v) is 5.41. The highest BCUT2D eigenvalue weighted by atomic mass is 32.2. The summed E-state index contributed by atoms with van der Waals surface area (Å²) in [6, 6.07) is 6.55. The first-order valence-corrected chi connectivity index (χ1v) is 8.96. The predicted octanol–water partition coefficient (Wildman–Crippen LogP) is 1.13. The number of rotatable bonds is 2. The van der Waals surface area contributed by atoms with Gasteiger partial charge < -0.3 is 10.2 Å².